The number of aromatic nitrogens is 5. The molecule has 2 aliphatic heterocycles. The van der Waals surface area contributed by atoms with Crippen molar-refractivity contribution in [2.24, 2.45) is 7.05 Å². The van der Waals surface area contributed by atoms with Crippen LogP contribution in [0.3, 0.4) is 0 Å². The molecule has 3 aliphatic rings. The Bertz CT molecular complexity index is 2200. The van der Waals surface area contributed by atoms with Gasteiger partial charge in [0.2, 0.25) is 5.91 Å². The van der Waals surface area contributed by atoms with E-state index in [-0.39, 0.29) is 54.7 Å². The number of hydrogen-bond donors (Lipinski definition) is 0. The van der Waals surface area contributed by atoms with Crippen LogP contribution < -0.4 is 4.74 Å². The highest BCUT2D eigenvalue weighted by Gasteiger charge is 2.37. The van der Waals surface area contributed by atoms with E-state index in [0.717, 1.165) is 45.0 Å². The van der Waals surface area contributed by atoms with Crippen molar-refractivity contribution in [1.29, 1.82) is 0 Å². The molecule has 8 rings (SSSR count). The Kier molecular flexibility index (Phi) is 7.83. The average molecular weight is 681 g/mol. The first-order valence-electron chi connectivity index (χ1n) is 16.8. The Balaban J connectivity index is 1.37. The second-order valence-electron chi connectivity index (χ2n) is 13.5. The first kappa shape index (κ1) is 32.3. The van der Waals surface area contributed by atoms with E-state index in [4.69, 9.17) is 29.4 Å². The molecule has 1 fully saturated rings. The maximum Gasteiger partial charge on any atom is 0.246 e. The summed E-state index contributed by atoms with van der Waals surface area (Å²) in [6, 6.07) is 9.61. The number of ether oxygens (including phenoxy) is 3. The Morgan fingerprint density at radius 3 is 2.56 bits per heavy atom. The van der Waals surface area contributed by atoms with E-state index in [1.807, 2.05) is 61.4 Å². The molecular formula is C38H38F2N6O4. The second kappa shape index (κ2) is 12.1. The third kappa shape index (κ3) is 5.11. The van der Waals surface area contributed by atoms with E-state index in [1.165, 1.54) is 12.1 Å². The number of rotatable bonds is 7. The van der Waals surface area contributed by atoms with Gasteiger partial charge in [-0.1, -0.05) is 18.7 Å². The molecule has 0 unspecified atom stereocenters. The summed E-state index contributed by atoms with van der Waals surface area (Å²) >= 11 is 0. The first-order valence-corrected chi connectivity index (χ1v) is 16.8. The van der Waals surface area contributed by atoms with E-state index in [0.29, 0.717) is 42.0 Å². The minimum atomic E-state index is -0.772. The number of benzene rings is 2. The van der Waals surface area contributed by atoms with Crippen LogP contribution in [0, 0.1) is 18.6 Å². The molecule has 5 heterocycles. The standard InChI is InChI=1S/C38H38F2N6O4/c1-7-34(47)45-16-19(2)46-32(21(45)4)15-31(43-46)38-35(36-29(40)11-23(39)12-33(36)50-25-13-24(14-25)48-6)27-17-49-18-28(27)37(41-38)22-8-9-26-20(3)44(5)42-30(26)10-22/h7-12,15,19,21,24-25H,1,13-14,16-18H2,2-6H3/t19-,21+,24?,25?/m0/s1. The lowest BCUT2D eigenvalue weighted by molar-refractivity contribution is -0.129. The Labute approximate surface area is 288 Å². The number of carbonyl (C=O) groups excluding carboxylic acids is 1. The van der Waals surface area contributed by atoms with Crippen molar-refractivity contribution in [1.82, 2.24) is 29.4 Å². The van der Waals surface area contributed by atoms with Gasteiger partial charge < -0.3 is 19.1 Å². The summed E-state index contributed by atoms with van der Waals surface area (Å²) in [5, 5.41) is 10.8. The lowest BCUT2D eigenvalue weighted by Crippen LogP contribution is -2.42. The fourth-order valence-corrected chi connectivity index (χ4v) is 7.55. The van der Waals surface area contributed by atoms with Crippen molar-refractivity contribution in [3.63, 3.8) is 0 Å². The zero-order valence-electron chi connectivity index (χ0n) is 28.7. The zero-order chi connectivity index (χ0) is 35.0. The predicted octanol–water partition coefficient (Wildman–Crippen LogP) is 6.99. The molecular weight excluding hydrogens is 642 g/mol. The SMILES string of the molecule is C=CC(=O)N1C[C@H](C)n2nc(-c3nc(-c4ccc5c(C)n(C)nc5c4)c4c(c3-c3c(F)cc(F)cc3OC3CC(OC)C3)COC4)cc2[C@H]1C. The molecule has 3 aromatic heterocycles. The van der Waals surface area contributed by atoms with Gasteiger partial charge in [0.05, 0.1) is 59.6 Å². The quantitative estimate of drug-likeness (QED) is 0.171. The zero-order valence-corrected chi connectivity index (χ0v) is 28.7. The summed E-state index contributed by atoms with van der Waals surface area (Å²) in [5.74, 6) is -1.60. The van der Waals surface area contributed by atoms with Crippen LogP contribution in [-0.4, -0.2) is 61.2 Å². The monoisotopic (exact) mass is 680 g/mol. The van der Waals surface area contributed by atoms with Crippen molar-refractivity contribution in [2.75, 3.05) is 13.7 Å². The third-order valence-corrected chi connectivity index (χ3v) is 10.5. The summed E-state index contributed by atoms with van der Waals surface area (Å²) in [6.45, 7) is 10.5. The van der Waals surface area contributed by atoms with Crippen LogP contribution in [0.15, 0.2) is 49.1 Å². The van der Waals surface area contributed by atoms with Gasteiger partial charge >= 0.3 is 0 Å². The Hall–Kier alpha value is -4.94. The van der Waals surface area contributed by atoms with E-state index in [1.54, 1.807) is 12.0 Å². The largest absolute Gasteiger partial charge is 0.489 e. The molecule has 1 amide bonds. The number of amides is 1. The number of pyridine rings is 1. The molecule has 258 valence electrons. The van der Waals surface area contributed by atoms with Crippen LogP contribution in [0.1, 0.15) is 61.3 Å². The summed E-state index contributed by atoms with van der Waals surface area (Å²) in [5.41, 5.74) is 7.16. The molecule has 12 heteroatoms. The van der Waals surface area contributed by atoms with Gasteiger partial charge in [0.25, 0.3) is 0 Å². The number of hydrogen-bond acceptors (Lipinski definition) is 7. The number of nitrogens with zero attached hydrogens (tertiary/aromatic N) is 6. The van der Waals surface area contributed by atoms with Crippen LogP contribution in [0.2, 0.25) is 0 Å². The van der Waals surface area contributed by atoms with Gasteiger partial charge in [0, 0.05) is 73.4 Å². The molecule has 0 radical (unpaired) electrons. The predicted molar refractivity (Wildman–Crippen MR) is 183 cm³/mol. The van der Waals surface area contributed by atoms with Crippen LogP contribution >= 0.6 is 0 Å². The highest BCUT2D eigenvalue weighted by atomic mass is 19.1. The van der Waals surface area contributed by atoms with Gasteiger partial charge in [-0.15, -0.1) is 0 Å². The van der Waals surface area contributed by atoms with Gasteiger partial charge in [-0.2, -0.15) is 10.2 Å². The molecule has 0 bridgehead atoms. The molecule has 1 aliphatic carbocycles. The lowest BCUT2D eigenvalue weighted by atomic mass is 9.89. The molecule has 0 spiro atoms. The van der Waals surface area contributed by atoms with Gasteiger partial charge in [0.15, 0.2) is 0 Å². The van der Waals surface area contributed by atoms with Gasteiger partial charge in [-0.05, 0) is 44.5 Å². The number of carbonyl (C=O) groups is 1. The van der Waals surface area contributed by atoms with E-state index < -0.39 is 11.6 Å². The van der Waals surface area contributed by atoms with Crippen molar-refractivity contribution in [3.8, 4) is 39.5 Å². The highest BCUT2D eigenvalue weighted by Crippen LogP contribution is 2.48. The molecule has 0 N–H and O–H groups in total. The number of halogens is 2. The van der Waals surface area contributed by atoms with E-state index in [2.05, 4.69) is 6.58 Å². The van der Waals surface area contributed by atoms with Crippen molar-refractivity contribution in [2.45, 2.75) is 71.1 Å². The normalized spacial score (nSPS) is 21.2. The number of methoxy groups -OCH3 is 1. The van der Waals surface area contributed by atoms with Gasteiger partial charge in [0.1, 0.15) is 29.2 Å². The van der Waals surface area contributed by atoms with Crippen LogP contribution in [0.4, 0.5) is 8.78 Å². The molecule has 2 aromatic carbocycles. The second-order valence-corrected chi connectivity index (χ2v) is 13.5. The maximum atomic E-state index is 16.3. The van der Waals surface area contributed by atoms with Crippen LogP contribution in [-0.2, 0) is 34.5 Å². The highest BCUT2D eigenvalue weighted by molar-refractivity contribution is 5.92. The van der Waals surface area contributed by atoms with Crippen LogP contribution in [0.5, 0.6) is 5.75 Å². The molecule has 0 saturated heterocycles. The van der Waals surface area contributed by atoms with Gasteiger partial charge in [-0.3, -0.25) is 14.2 Å². The number of aryl methyl sites for hydroxylation is 2. The summed E-state index contributed by atoms with van der Waals surface area (Å²) in [4.78, 5) is 19.8. The van der Waals surface area contributed by atoms with Crippen molar-refractivity contribution in [3.05, 3.63) is 83.2 Å². The molecule has 1 saturated carbocycles. The minimum absolute atomic E-state index is 0.0321. The molecule has 10 nitrogen and oxygen atoms in total. The molecule has 50 heavy (non-hydrogen) atoms. The van der Waals surface area contributed by atoms with E-state index >= 15 is 4.39 Å². The average Bonchev–Trinajstić information content (AvgIpc) is 3.81. The van der Waals surface area contributed by atoms with Gasteiger partial charge in [-0.25, -0.2) is 13.8 Å². The first-order chi connectivity index (χ1) is 24.1. The lowest BCUT2D eigenvalue weighted by Gasteiger charge is -2.36. The van der Waals surface area contributed by atoms with E-state index in [9.17, 15) is 9.18 Å². The molecule has 5 aromatic rings. The summed E-state index contributed by atoms with van der Waals surface area (Å²) < 4.78 is 52.8. The number of fused-ring (bicyclic) bond motifs is 3. The molecule has 2 atom stereocenters. The fourth-order valence-electron chi connectivity index (χ4n) is 7.55. The topological polar surface area (TPSA) is 96.5 Å². The minimum Gasteiger partial charge on any atom is -0.489 e. The van der Waals surface area contributed by atoms with Crippen LogP contribution in [0.25, 0.3) is 44.7 Å². The summed E-state index contributed by atoms with van der Waals surface area (Å²) in [6.07, 6.45) is 2.31. The Morgan fingerprint density at radius 2 is 1.80 bits per heavy atom. The summed E-state index contributed by atoms with van der Waals surface area (Å²) in [7, 11) is 3.55. The third-order valence-electron chi connectivity index (χ3n) is 10.5. The van der Waals surface area contributed by atoms with Crippen molar-refractivity contribution < 1.29 is 27.8 Å². The maximum absolute atomic E-state index is 16.3. The Morgan fingerprint density at radius 1 is 1.02 bits per heavy atom. The fraction of sp³-hybridized carbons (Fsp3) is 0.368. The van der Waals surface area contributed by atoms with Crippen molar-refractivity contribution >= 4 is 16.8 Å². The smallest absolute Gasteiger partial charge is 0.246 e.